The molecule has 0 saturated carbocycles. The lowest BCUT2D eigenvalue weighted by molar-refractivity contribution is 0.620. The fourth-order valence-corrected chi connectivity index (χ4v) is 7.61. The Balaban J connectivity index is 1.22. The van der Waals surface area contributed by atoms with Crippen molar-refractivity contribution in [3.63, 3.8) is 0 Å². The normalized spacial score (nSPS) is 11.8. The van der Waals surface area contributed by atoms with Crippen LogP contribution >= 0.6 is 11.3 Å². The highest BCUT2D eigenvalue weighted by Crippen LogP contribution is 2.41. The van der Waals surface area contributed by atoms with E-state index < -0.39 is 0 Å². The largest absolute Gasteiger partial charge is 0.456 e. The maximum Gasteiger partial charge on any atom is 0.227 e. The number of oxazole rings is 1. The van der Waals surface area contributed by atoms with E-state index in [-0.39, 0.29) is 0 Å². The number of aromatic nitrogens is 4. The summed E-state index contributed by atoms with van der Waals surface area (Å²) in [5, 5.41) is 4.29. The molecule has 0 spiro atoms. The number of furan rings is 1. The Labute approximate surface area is 271 Å². The van der Waals surface area contributed by atoms with Crippen LogP contribution in [0.1, 0.15) is 0 Å². The van der Waals surface area contributed by atoms with Crippen molar-refractivity contribution in [2.45, 2.75) is 0 Å². The van der Waals surface area contributed by atoms with Gasteiger partial charge in [0.2, 0.25) is 5.89 Å². The molecule has 7 heteroatoms. The van der Waals surface area contributed by atoms with E-state index in [1.54, 1.807) is 11.3 Å². The monoisotopic (exact) mass is 622 g/mol. The summed E-state index contributed by atoms with van der Waals surface area (Å²) < 4.78 is 14.9. The number of rotatable bonds is 4. The molecule has 6 aromatic carbocycles. The third-order valence-electron chi connectivity index (χ3n) is 8.59. The number of thiophene rings is 1. The molecule has 0 aliphatic rings. The van der Waals surface area contributed by atoms with Crippen LogP contribution in [0.3, 0.4) is 0 Å². The number of benzene rings is 6. The van der Waals surface area contributed by atoms with E-state index in [1.807, 2.05) is 78.9 Å². The lowest BCUT2D eigenvalue weighted by atomic mass is 10.0. The predicted octanol–water partition coefficient (Wildman–Crippen LogP) is 10.9. The molecule has 10 rings (SSSR count). The lowest BCUT2D eigenvalue weighted by Gasteiger charge is -2.10. The van der Waals surface area contributed by atoms with Gasteiger partial charge in [-0.05, 0) is 48.5 Å². The van der Waals surface area contributed by atoms with Gasteiger partial charge in [0.05, 0.1) is 0 Å². The maximum atomic E-state index is 6.36. The molecule has 0 N–H and O–H groups in total. The van der Waals surface area contributed by atoms with Crippen LogP contribution in [-0.2, 0) is 0 Å². The van der Waals surface area contributed by atoms with Crippen molar-refractivity contribution >= 4 is 64.5 Å². The second-order valence-corrected chi connectivity index (χ2v) is 12.5. The fraction of sp³-hybridized carbons (Fsp3) is 0. The molecule has 0 amide bonds. The SMILES string of the molecule is c1ccc(-c2nc(-c3cccc4c3sc3ccccc34)nc(-c3cccc4oc5ccc(-c6nc7ccccc7o6)cc5c34)n2)cc1. The van der Waals surface area contributed by atoms with Crippen molar-refractivity contribution in [2.24, 2.45) is 0 Å². The van der Waals surface area contributed by atoms with Crippen molar-refractivity contribution in [2.75, 3.05) is 0 Å². The van der Waals surface area contributed by atoms with E-state index in [1.165, 1.54) is 15.5 Å². The van der Waals surface area contributed by atoms with Crippen LogP contribution in [0.4, 0.5) is 0 Å². The van der Waals surface area contributed by atoms with E-state index in [2.05, 4.69) is 54.6 Å². The minimum atomic E-state index is 0.560. The Morgan fingerprint density at radius 1 is 0.447 bits per heavy atom. The summed E-state index contributed by atoms with van der Waals surface area (Å²) in [7, 11) is 0. The van der Waals surface area contributed by atoms with Gasteiger partial charge in [0.1, 0.15) is 16.7 Å². The van der Waals surface area contributed by atoms with Crippen molar-refractivity contribution in [3.8, 4) is 45.6 Å². The number of hydrogen-bond acceptors (Lipinski definition) is 7. The summed E-state index contributed by atoms with van der Waals surface area (Å²) in [6.07, 6.45) is 0. The topological polar surface area (TPSA) is 77.8 Å². The minimum absolute atomic E-state index is 0.560. The van der Waals surface area contributed by atoms with Gasteiger partial charge < -0.3 is 8.83 Å². The molecule has 10 aromatic rings. The molecule has 4 aromatic heterocycles. The Morgan fingerprint density at radius 3 is 2.09 bits per heavy atom. The fourth-order valence-electron chi connectivity index (χ4n) is 6.40. The summed E-state index contributed by atoms with van der Waals surface area (Å²) in [5.41, 5.74) is 6.71. The Kier molecular flexibility index (Phi) is 5.64. The van der Waals surface area contributed by atoms with E-state index >= 15 is 0 Å². The average Bonchev–Trinajstić information content (AvgIpc) is 3.85. The van der Waals surface area contributed by atoms with Gasteiger partial charge in [-0.15, -0.1) is 11.3 Å². The Morgan fingerprint density at radius 2 is 1.17 bits per heavy atom. The predicted molar refractivity (Wildman–Crippen MR) is 189 cm³/mol. The lowest BCUT2D eigenvalue weighted by Crippen LogP contribution is -2.00. The second kappa shape index (κ2) is 10.2. The molecule has 0 aliphatic heterocycles. The van der Waals surface area contributed by atoms with Crippen molar-refractivity contribution in [1.29, 1.82) is 0 Å². The molecular formula is C40H22N4O2S. The van der Waals surface area contributed by atoms with Crippen LogP contribution in [0.5, 0.6) is 0 Å². The zero-order valence-corrected chi connectivity index (χ0v) is 25.5. The zero-order valence-electron chi connectivity index (χ0n) is 24.7. The molecule has 0 aliphatic carbocycles. The molecule has 0 fully saturated rings. The summed E-state index contributed by atoms with van der Waals surface area (Å²) >= 11 is 1.76. The molecule has 0 unspecified atom stereocenters. The highest BCUT2D eigenvalue weighted by molar-refractivity contribution is 7.26. The van der Waals surface area contributed by atoms with Crippen LogP contribution in [0.15, 0.2) is 142 Å². The quantitative estimate of drug-likeness (QED) is 0.194. The molecule has 0 bridgehead atoms. The number of fused-ring (bicyclic) bond motifs is 7. The van der Waals surface area contributed by atoms with E-state index in [0.717, 1.165) is 60.0 Å². The number of nitrogens with zero attached hydrogens (tertiary/aromatic N) is 4. The van der Waals surface area contributed by atoms with Gasteiger partial charge in [0.15, 0.2) is 23.1 Å². The summed E-state index contributed by atoms with van der Waals surface area (Å²) in [4.78, 5) is 20.1. The third-order valence-corrected chi connectivity index (χ3v) is 9.81. The summed E-state index contributed by atoms with van der Waals surface area (Å²) in [6, 6.07) is 44.8. The summed E-state index contributed by atoms with van der Waals surface area (Å²) in [6.45, 7) is 0. The van der Waals surface area contributed by atoms with Gasteiger partial charge >= 0.3 is 0 Å². The van der Waals surface area contributed by atoms with Gasteiger partial charge in [-0.2, -0.15) is 0 Å². The molecule has 4 heterocycles. The molecule has 0 saturated heterocycles. The van der Waals surface area contributed by atoms with Crippen LogP contribution in [0, 0.1) is 0 Å². The smallest absolute Gasteiger partial charge is 0.227 e. The van der Waals surface area contributed by atoms with E-state index in [4.69, 9.17) is 28.8 Å². The molecule has 47 heavy (non-hydrogen) atoms. The molecular weight excluding hydrogens is 601 g/mol. The minimum Gasteiger partial charge on any atom is -0.456 e. The van der Waals surface area contributed by atoms with Gasteiger partial charge in [-0.25, -0.2) is 19.9 Å². The standard InChI is InChI=1S/C40H22N4O2S/c1-2-10-23(11-3-1)37-42-38(44-39(43-37)28-15-8-13-26-25-12-4-7-19-34(25)47-36(26)28)27-14-9-18-33-35(27)29-22-24(20-21-31(29)45-33)40-41-30-16-5-6-17-32(30)46-40/h1-22H. The van der Waals surface area contributed by atoms with Gasteiger partial charge in [-0.1, -0.05) is 84.9 Å². The van der Waals surface area contributed by atoms with Crippen molar-refractivity contribution < 1.29 is 8.83 Å². The van der Waals surface area contributed by atoms with Gasteiger partial charge in [0, 0.05) is 53.2 Å². The summed E-state index contributed by atoms with van der Waals surface area (Å²) in [5.74, 6) is 2.38. The first-order valence-corrected chi connectivity index (χ1v) is 16.1. The van der Waals surface area contributed by atoms with Crippen molar-refractivity contribution in [3.05, 3.63) is 133 Å². The van der Waals surface area contributed by atoms with Gasteiger partial charge in [-0.3, -0.25) is 0 Å². The van der Waals surface area contributed by atoms with Crippen LogP contribution in [-0.4, -0.2) is 19.9 Å². The molecule has 0 radical (unpaired) electrons. The average molecular weight is 623 g/mol. The van der Waals surface area contributed by atoms with Crippen molar-refractivity contribution in [1.82, 2.24) is 19.9 Å². The molecule has 6 nitrogen and oxygen atoms in total. The maximum absolute atomic E-state index is 6.36. The third kappa shape index (κ3) is 4.17. The van der Waals surface area contributed by atoms with Crippen LogP contribution in [0.25, 0.3) is 98.8 Å². The number of hydrogen-bond donors (Lipinski definition) is 0. The first-order valence-electron chi connectivity index (χ1n) is 15.3. The highest BCUT2D eigenvalue weighted by atomic mass is 32.1. The van der Waals surface area contributed by atoms with Crippen LogP contribution in [0.2, 0.25) is 0 Å². The molecule has 220 valence electrons. The highest BCUT2D eigenvalue weighted by Gasteiger charge is 2.20. The Bertz CT molecular complexity index is 2780. The second-order valence-electron chi connectivity index (χ2n) is 11.4. The van der Waals surface area contributed by atoms with E-state index in [9.17, 15) is 0 Å². The Hall–Kier alpha value is -6.18. The number of para-hydroxylation sites is 2. The first kappa shape index (κ1) is 26.1. The first-order chi connectivity index (χ1) is 23.3. The van der Waals surface area contributed by atoms with Crippen LogP contribution < -0.4 is 0 Å². The van der Waals surface area contributed by atoms with E-state index in [0.29, 0.717) is 23.4 Å². The zero-order chi connectivity index (χ0) is 30.9. The molecule has 0 atom stereocenters. The van der Waals surface area contributed by atoms with Gasteiger partial charge in [0.25, 0.3) is 0 Å².